The van der Waals surface area contributed by atoms with E-state index in [0.717, 1.165) is 12.1 Å². The van der Waals surface area contributed by atoms with Crippen molar-refractivity contribution in [3.8, 4) is 28.6 Å². The van der Waals surface area contributed by atoms with Gasteiger partial charge in [-0.05, 0) is 23.6 Å². The Morgan fingerprint density at radius 1 is 0.857 bits per heavy atom. The molecular weight excluding hydrogens is 444 g/mol. The van der Waals surface area contributed by atoms with Gasteiger partial charge in [0.15, 0.2) is 17.3 Å². The van der Waals surface area contributed by atoms with Crippen LogP contribution in [0.5, 0.6) is 17.2 Å². The maximum Gasteiger partial charge on any atom is 0.230 e. The molecule has 0 amide bonds. The first-order chi connectivity index (χ1) is 17.1. The number of anilines is 3. The van der Waals surface area contributed by atoms with Gasteiger partial charge in [-0.25, -0.2) is 15.0 Å². The zero-order valence-electron chi connectivity index (χ0n) is 20.1. The minimum atomic E-state index is 0.307. The number of hydrogen-bond donors (Lipinski definition) is 2. The molecule has 2 heterocycles. The fourth-order valence-corrected chi connectivity index (χ4v) is 3.64. The number of nitrogens with zero attached hydrogens (tertiary/aromatic N) is 4. The quantitative estimate of drug-likeness (QED) is 0.333. The SMILES string of the molecule is COc1cc(Nc2ncnc(-c3cccnc3NCC(C)c3ccccc3)n2)cc(OC)c1OC. The highest BCUT2D eigenvalue weighted by molar-refractivity contribution is 5.71. The van der Waals surface area contributed by atoms with Crippen molar-refractivity contribution >= 4 is 17.5 Å². The van der Waals surface area contributed by atoms with Crippen LogP contribution in [0.25, 0.3) is 11.4 Å². The fourth-order valence-electron chi connectivity index (χ4n) is 3.64. The summed E-state index contributed by atoms with van der Waals surface area (Å²) >= 11 is 0. The first-order valence-electron chi connectivity index (χ1n) is 11.1. The Labute approximate surface area is 204 Å². The van der Waals surface area contributed by atoms with Crippen LogP contribution in [0.1, 0.15) is 18.4 Å². The number of methoxy groups -OCH3 is 3. The summed E-state index contributed by atoms with van der Waals surface area (Å²) in [4.78, 5) is 17.8. The Morgan fingerprint density at radius 2 is 1.60 bits per heavy atom. The third kappa shape index (κ3) is 5.57. The molecule has 35 heavy (non-hydrogen) atoms. The molecule has 2 N–H and O–H groups in total. The lowest BCUT2D eigenvalue weighted by Gasteiger charge is -2.16. The molecule has 0 fully saturated rings. The summed E-state index contributed by atoms with van der Waals surface area (Å²) in [5.74, 6) is 3.44. The molecule has 0 aliphatic heterocycles. The van der Waals surface area contributed by atoms with Crippen LogP contribution >= 0.6 is 0 Å². The lowest BCUT2D eigenvalue weighted by atomic mass is 10.0. The molecule has 4 rings (SSSR count). The van der Waals surface area contributed by atoms with Crippen molar-refractivity contribution in [3.05, 3.63) is 72.7 Å². The highest BCUT2D eigenvalue weighted by atomic mass is 16.5. The van der Waals surface area contributed by atoms with E-state index in [9.17, 15) is 0 Å². The van der Waals surface area contributed by atoms with Crippen LogP contribution in [-0.4, -0.2) is 47.8 Å². The van der Waals surface area contributed by atoms with Crippen LogP contribution in [0.4, 0.5) is 17.5 Å². The van der Waals surface area contributed by atoms with Crippen LogP contribution in [0.3, 0.4) is 0 Å². The van der Waals surface area contributed by atoms with Crippen molar-refractivity contribution in [1.29, 1.82) is 0 Å². The standard InChI is InChI=1S/C26H28N6O3/c1-17(18-9-6-5-7-10-18)15-28-24-20(11-8-12-27-24)25-29-16-30-26(32-25)31-19-13-21(33-2)23(35-4)22(14-19)34-3/h5-14,16-17H,15H2,1-4H3,(H,27,28)(H,29,30,31,32). The first kappa shape index (κ1) is 23.7. The van der Waals surface area contributed by atoms with E-state index in [2.05, 4.69) is 49.6 Å². The third-order valence-electron chi connectivity index (χ3n) is 5.49. The van der Waals surface area contributed by atoms with Crippen molar-refractivity contribution in [2.45, 2.75) is 12.8 Å². The molecule has 0 radical (unpaired) electrons. The van der Waals surface area contributed by atoms with Crippen molar-refractivity contribution in [3.63, 3.8) is 0 Å². The fraction of sp³-hybridized carbons (Fsp3) is 0.231. The molecule has 0 bridgehead atoms. The lowest BCUT2D eigenvalue weighted by molar-refractivity contribution is 0.324. The minimum absolute atomic E-state index is 0.307. The van der Waals surface area contributed by atoms with Crippen LogP contribution in [0, 0.1) is 0 Å². The summed E-state index contributed by atoms with van der Waals surface area (Å²) < 4.78 is 16.2. The van der Waals surface area contributed by atoms with E-state index in [1.807, 2.05) is 30.3 Å². The zero-order valence-corrected chi connectivity index (χ0v) is 20.1. The van der Waals surface area contributed by atoms with Crippen LogP contribution < -0.4 is 24.8 Å². The summed E-state index contributed by atoms with van der Waals surface area (Å²) in [5.41, 5.74) is 2.72. The second-order valence-electron chi connectivity index (χ2n) is 7.76. The van der Waals surface area contributed by atoms with E-state index >= 15 is 0 Å². The minimum Gasteiger partial charge on any atom is -0.493 e. The average Bonchev–Trinajstić information content (AvgIpc) is 2.91. The first-order valence-corrected chi connectivity index (χ1v) is 11.1. The molecule has 9 nitrogen and oxygen atoms in total. The highest BCUT2D eigenvalue weighted by Gasteiger charge is 2.15. The van der Waals surface area contributed by atoms with Gasteiger partial charge in [0.2, 0.25) is 11.7 Å². The Morgan fingerprint density at radius 3 is 2.29 bits per heavy atom. The van der Waals surface area contributed by atoms with Crippen LogP contribution in [0.2, 0.25) is 0 Å². The van der Waals surface area contributed by atoms with Gasteiger partial charge in [-0.1, -0.05) is 37.3 Å². The largest absolute Gasteiger partial charge is 0.493 e. The van der Waals surface area contributed by atoms with Crippen molar-refractivity contribution < 1.29 is 14.2 Å². The summed E-state index contributed by atoms with van der Waals surface area (Å²) in [5, 5.41) is 6.63. The molecule has 0 aliphatic carbocycles. The van der Waals surface area contributed by atoms with E-state index in [1.54, 1.807) is 39.7 Å². The number of benzene rings is 2. The van der Waals surface area contributed by atoms with Crippen LogP contribution in [-0.2, 0) is 0 Å². The molecule has 0 saturated heterocycles. The van der Waals surface area contributed by atoms with Gasteiger partial charge in [-0.2, -0.15) is 4.98 Å². The van der Waals surface area contributed by atoms with E-state index in [-0.39, 0.29) is 0 Å². The Balaban J connectivity index is 1.56. The predicted molar refractivity (Wildman–Crippen MR) is 136 cm³/mol. The van der Waals surface area contributed by atoms with Crippen molar-refractivity contribution in [2.75, 3.05) is 38.5 Å². The molecule has 0 saturated carbocycles. The Kier molecular flexibility index (Phi) is 7.57. The molecule has 1 unspecified atom stereocenters. The highest BCUT2D eigenvalue weighted by Crippen LogP contribution is 2.40. The van der Waals surface area contributed by atoms with E-state index in [0.29, 0.717) is 46.4 Å². The number of pyridine rings is 1. The second-order valence-corrected chi connectivity index (χ2v) is 7.76. The number of hydrogen-bond acceptors (Lipinski definition) is 9. The molecule has 0 aliphatic rings. The van der Waals surface area contributed by atoms with Gasteiger partial charge in [0, 0.05) is 30.6 Å². The molecule has 2 aromatic heterocycles. The van der Waals surface area contributed by atoms with Gasteiger partial charge in [0.05, 0.1) is 26.9 Å². The van der Waals surface area contributed by atoms with E-state index in [1.165, 1.54) is 11.9 Å². The van der Waals surface area contributed by atoms with E-state index in [4.69, 9.17) is 14.2 Å². The van der Waals surface area contributed by atoms with Gasteiger partial charge in [0.1, 0.15) is 12.1 Å². The number of rotatable bonds is 10. The summed E-state index contributed by atoms with van der Waals surface area (Å²) in [7, 11) is 4.70. The van der Waals surface area contributed by atoms with Gasteiger partial charge < -0.3 is 24.8 Å². The lowest BCUT2D eigenvalue weighted by Crippen LogP contribution is -2.12. The molecule has 9 heteroatoms. The topological polar surface area (TPSA) is 103 Å². The van der Waals surface area contributed by atoms with Crippen molar-refractivity contribution in [1.82, 2.24) is 19.9 Å². The normalized spacial score (nSPS) is 11.4. The molecule has 180 valence electrons. The molecule has 0 spiro atoms. The zero-order chi connectivity index (χ0) is 24.6. The van der Waals surface area contributed by atoms with Crippen molar-refractivity contribution in [2.24, 2.45) is 0 Å². The van der Waals surface area contributed by atoms with Gasteiger partial charge in [0.25, 0.3) is 0 Å². The Hall–Kier alpha value is -4.40. The van der Waals surface area contributed by atoms with Crippen LogP contribution in [0.15, 0.2) is 67.1 Å². The summed E-state index contributed by atoms with van der Waals surface area (Å²) in [6, 6.07) is 17.7. The average molecular weight is 473 g/mol. The van der Waals surface area contributed by atoms with Gasteiger partial charge >= 0.3 is 0 Å². The summed E-state index contributed by atoms with van der Waals surface area (Å²) in [6.07, 6.45) is 3.21. The second kappa shape index (κ2) is 11.1. The smallest absolute Gasteiger partial charge is 0.230 e. The summed E-state index contributed by atoms with van der Waals surface area (Å²) in [6.45, 7) is 2.89. The van der Waals surface area contributed by atoms with E-state index < -0.39 is 0 Å². The van der Waals surface area contributed by atoms with Gasteiger partial charge in [-0.15, -0.1) is 0 Å². The number of nitrogens with one attached hydrogen (secondary N) is 2. The predicted octanol–water partition coefficient (Wildman–Crippen LogP) is 4.92. The molecule has 4 aromatic rings. The third-order valence-corrected chi connectivity index (χ3v) is 5.49. The molecule has 2 aromatic carbocycles. The Bertz CT molecular complexity index is 1240. The maximum atomic E-state index is 5.43. The maximum absolute atomic E-state index is 5.43. The molecule has 1 atom stereocenters. The number of ether oxygens (including phenoxy) is 3. The van der Waals surface area contributed by atoms with Gasteiger partial charge in [-0.3, -0.25) is 0 Å². The molecular formula is C26H28N6O3. The number of aromatic nitrogens is 4. The monoisotopic (exact) mass is 472 g/mol.